The summed E-state index contributed by atoms with van der Waals surface area (Å²) in [5.41, 5.74) is 1.27. The van der Waals surface area contributed by atoms with Gasteiger partial charge in [-0.15, -0.1) is 10.2 Å². The highest BCUT2D eigenvalue weighted by Crippen LogP contribution is 2.46. The number of carbonyl (C=O) groups is 2. The molecule has 1 aliphatic heterocycles. The molecule has 1 unspecified atom stereocenters. The van der Waals surface area contributed by atoms with Crippen LogP contribution in [0.1, 0.15) is 81.5 Å². The molecular weight excluding hydrogens is 678 g/mol. The third kappa shape index (κ3) is 8.83. The molecule has 0 aliphatic carbocycles. The average Bonchev–Trinajstić information content (AvgIpc) is 3.70. The summed E-state index contributed by atoms with van der Waals surface area (Å²) in [6.45, 7) is 5.34. The van der Waals surface area contributed by atoms with Crippen LogP contribution >= 0.6 is 23.1 Å². The normalized spacial score (nSPS) is 15.4. The van der Waals surface area contributed by atoms with Crippen molar-refractivity contribution >= 4 is 45.7 Å². The molecule has 1 saturated heterocycles. The third-order valence-corrected chi connectivity index (χ3v) is 10.4. The van der Waals surface area contributed by atoms with Gasteiger partial charge in [-0.05, 0) is 66.4 Å². The summed E-state index contributed by atoms with van der Waals surface area (Å²) in [5.74, 6) is -0.485. The zero-order valence-electron chi connectivity index (χ0n) is 28.5. The van der Waals surface area contributed by atoms with Crippen molar-refractivity contribution in [1.29, 1.82) is 0 Å². The monoisotopic (exact) mass is 719 g/mol. The molecule has 1 aliphatic rings. The Morgan fingerprint density at radius 2 is 1.64 bits per heavy atom. The summed E-state index contributed by atoms with van der Waals surface area (Å²) >= 11 is 2.38. The fourth-order valence-electron chi connectivity index (χ4n) is 5.52. The predicted molar refractivity (Wildman–Crippen MR) is 195 cm³/mol. The molecular formula is C38H42FN3O6S2. The zero-order chi connectivity index (χ0) is 35.5. The summed E-state index contributed by atoms with van der Waals surface area (Å²) in [4.78, 5) is 28.8. The third-order valence-electron chi connectivity index (χ3n) is 8.26. The number of benzene rings is 3. The number of methoxy groups -OCH3 is 1. The Balaban J connectivity index is 1.48. The van der Waals surface area contributed by atoms with E-state index < -0.39 is 17.7 Å². The number of ketones is 1. The van der Waals surface area contributed by atoms with Gasteiger partial charge in [-0.1, -0.05) is 93.3 Å². The molecule has 9 nitrogen and oxygen atoms in total. The molecule has 5 rings (SSSR count). The van der Waals surface area contributed by atoms with Crippen molar-refractivity contribution in [2.75, 3.05) is 25.2 Å². The quantitative estimate of drug-likeness (QED) is 0.0269. The van der Waals surface area contributed by atoms with Gasteiger partial charge in [0.2, 0.25) is 5.13 Å². The van der Waals surface area contributed by atoms with E-state index in [4.69, 9.17) is 14.2 Å². The average molecular weight is 720 g/mol. The van der Waals surface area contributed by atoms with Crippen molar-refractivity contribution < 1.29 is 33.3 Å². The second-order valence-corrected chi connectivity index (χ2v) is 14.0. The van der Waals surface area contributed by atoms with Gasteiger partial charge >= 0.3 is 5.91 Å². The standard InChI is InChI=1S/C38H42FN3O6S2/c1-4-6-8-9-12-22-48-30-20-17-26(23-31(30)46-3)33-32(34(43)25-15-18-28(19-16-25)47-21-7-5-2)35(44)36(45)42(33)37-40-41-38(50-37)49-24-27-13-10-11-14-29(27)39/h10-11,13-20,23,33,43H,4-9,12,21-22,24H2,1-3H3/b34-32-. The Morgan fingerprint density at radius 1 is 0.900 bits per heavy atom. The van der Waals surface area contributed by atoms with Crippen LogP contribution in [0.5, 0.6) is 17.2 Å². The van der Waals surface area contributed by atoms with E-state index in [-0.39, 0.29) is 22.3 Å². The highest BCUT2D eigenvalue weighted by atomic mass is 32.2. The van der Waals surface area contributed by atoms with Crippen molar-refractivity contribution in [2.24, 2.45) is 0 Å². The molecule has 50 heavy (non-hydrogen) atoms. The summed E-state index contributed by atoms with van der Waals surface area (Å²) < 4.78 is 32.3. The minimum Gasteiger partial charge on any atom is -0.507 e. The molecule has 0 bridgehead atoms. The number of nitrogens with zero attached hydrogens (tertiary/aromatic N) is 3. The minimum atomic E-state index is -1.05. The maximum absolute atomic E-state index is 14.3. The molecule has 0 radical (unpaired) electrons. The number of thioether (sulfide) groups is 1. The number of aromatic nitrogens is 2. The van der Waals surface area contributed by atoms with Gasteiger partial charge in [0.05, 0.1) is 31.9 Å². The molecule has 0 spiro atoms. The fraction of sp³-hybridized carbons (Fsp3) is 0.368. The van der Waals surface area contributed by atoms with Crippen LogP contribution in [0.15, 0.2) is 76.6 Å². The minimum absolute atomic E-state index is 0.0999. The topological polar surface area (TPSA) is 111 Å². The van der Waals surface area contributed by atoms with E-state index in [1.165, 1.54) is 36.3 Å². The van der Waals surface area contributed by atoms with Gasteiger partial charge in [0, 0.05) is 11.3 Å². The van der Waals surface area contributed by atoms with E-state index in [2.05, 4.69) is 24.0 Å². The van der Waals surface area contributed by atoms with Gasteiger partial charge < -0.3 is 19.3 Å². The van der Waals surface area contributed by atoms with E-state index in [0.29, 0.717) is 57.2 Å². The lowest BCUT2D eigenvalue weighted by Crippen LogP contribution is -2.29. The fourth-order valence-corrected chi connectivity index (χ4v) is 7.37. The number of rotatable bonds is 18. The number of hydrogen-bond donors (Lipinski definition) is 1. The number of ether oxygens (including phenoxy) is 3. The molecule has 1 aromatic heterocycles. The number of aliphatic hydroxyl groups is 1. The molecule has 3 aromatic carbocycles. The maximum atomic E-state index is 14.3. The van der Waals surface area contributed by atoms with Gasteiger partial charge in [-0.25, -0.2) is 4.39 Å². The number of Topliss-reactive ketones (excluding diaryl/α,β-unsaturated/α-hetero) is 1. The number of halogens is 1. The van der Waals surface area contributed by atoms with Crippen LogP contribution in [-0.4, -0.2) is 47.3 Å². The number of anilines is 1. The van der Waals surface area contributed by atoms with Gasteiger partial charge in [-0.2, -0.15) is 0 Å². The number of unbranched alkanes of at least 4 members (excludes halogenated alkanes) is 5. The summed E-state index contributed by atoms with van der Waals surface area (Å²) in [7, 11) is 1.53. The van der Waals surface area contributed by atoms with Crippen LogP contribution in [0.25, 0.3) is 5.76 Å². The van der Waals surface area contributed by atoms with E-state index in [1.807, 2.05) is 0 Å². The number of carbonyl (C=O) groups excluding carboxylic acids is 2. The molecule has 1 fully saturated rings. The summed E-state index contributed by atoms with van der Waals surface area (Å²) in [6, 6.07) is 17.4. The first kappa shape index (κ1) is 36.9. The van der Waals surface area contributed by atoms with Gasteiger partial charge in [0.25, 0.3) is 5.78 Å². The van der Waals surface area contributed by atoms with Gasteiger partial charge in [0.1, 0.15) is 17.3 Å². The van der Waals surface area contributed by atoms with E-state index in [1.54, 1.807) is 60.7 Å². The largest absolute Gasteiger partial charge is 0.507 e. The molecule has 1 atom stereocenters. The van der Waals surface area contributed by atoms with Crippen molar-refractivity contribution in [1.82, 2.24) is 10.2 Å². The van der Waals surface area contributed by atoms with Crippen molar-refractivity contribution in [2.45, 2.75) is 74.9 Å². The molecule has 1 amide bonds. The molecule has 0 saturated carbocycles. The summed E-state index contributed by atoms with van der Waals surface area (Å²) in [6.07, 6.45) is 7.38. The van der Waals surface area contributed by atoms with Crippen molar-refractivity contribution in [3.8, 4) is 17.2 Å². The zero-order valence-corrected chi connectivity index (χ0v) is 30.2. The van der Waals surface area contributed by atoms with Crippen LogP contribution in [0.4, 0.5) is 9.52 Å². The second kappa shape index (κ2) is 18.0. The predicted octanol–water partition coefficient (Wildman–Crippen LogP) is 9.13. The van der Waals surface area contributed by atoms with E-state index in [9.17, 15) is 19.1 Å². The highest BCUT2D eigenvalue weighted by Gasteiger charge is 2.48. The first-order valence-electron chi connectivity index (χ1n) is 16.9. The second-order valence-electron chi connectivity index (χ2n) is 11.8. The Hall–Kier alpha value is -4.42. The van der Waals surface area contributed by atoms with E-state index in [0.717, 1.165) is 49.9 Å². The van der Waals surface area contributed by atoms with Crippen LogP contribution in [-0.2, 0) is 15.3 Å². The lowest BCUT2D eigenvalue weighted by Gasteiger charge is -2.23. The maximum Gasteiger partial charge on any atom is 0.301 e. The van der Waals surface area contributed by atoms with Crippen LogP contribution < -0.4 is 19.1 Å². The first-order chi connectivity index (χ1) is 24.4. The lowest BCUT2D eigenvalue weighted by molar-refractivity contribution is -0.132. The van der Waals surface area contributed by atoms with Crippen molar-refractivity contribution in [3.63, 3.8) is 0 Å². The Bertz CT molecular complexity index is 1800. The smallest absolute Gasteiger partial charge is 0.301 e. The number of amides is 1. The van der Waals surface area contributed by atoms with Crippen LogP contribution in [0, 0.1) is 5.82 Å². The molecule has 4 aromatic rings. The lowest BCUT2D eigenvalue weighted by atomic mass is 9.95. The highest BCUT2D eigenvalue weighted by molar-refractivity contribution is 8.00. The molecule has 1 N–H and O–H groups in total. The molecule has 2 heterocycles. The van der Waals surface area contributed by atoms with Gasteiger partial charge in [0.15, 0.2) is 15.8 Å². The SMILES string of the molecule is CCCCCCCOc1ccc(C2/C(=C(/O)c3ccc(OCCCC)cc3)C(=O)C(=O)N2c2nnc(SCc3ccccc3F)s2)cc1OC. The Kier molecular flexibility index (Phi) is 13.3. The number of hydrogen-bond acceptors (Lipinski definition) is 10. The van der Waals surface area contributed by atoms with Crippen LogP contribution in [0.3, 0.4) is 0 Å². The molecule has 12 heteroatoms. The number of aliphatic hydroxyl groups excluding tert-OH is 1. The van der Waals surface area contributed by atoms with E-state index >= 15 is 0 Å². The first-order valence-corrected chi connectivity index (χ1v) is 18.7. The molecule has 264 valence electrons. The Labute approximate surface area is 300 Å². The van der Waals surface area contributed by atoms with Crippen LogP contribution in [0.2, 0.25) is 0 Å². The van der Waals surface area contributed by atoms with Gasteiger partial charge in [-0.3, -0.25) is 14.5 Å². The summed E-state index contributed by atoms with van der Waals surface area (Å²) in [5, 5.41) is 20.3. The van der Waals surface area contributed by atoms with Crippen molar-refractivity contribution in [3.05, 3.63) is 94.8 Å². The Morgan fingerprint density at radius 3 is 2.38 bits per heavy atom.